The molecule has 2 aromatic carbocycles. The van der Waals surface area contributed by atoms with Gasteiger partial charge in [-0.15, -0.1) is 0 Å². The van der Waals surface area contributed by atoms with Crippen LogP contribution in [0.1, 0.15) is 11.1 Å². The fraction of sp³-hybridized carbons (Fsp3) is 0.143. The van der Waals surface area contributed by atoms with Crippen LogP contribution in [-0.2, 0) is 12.8 Å². The van der Waals surface area contributed by atoms with E-state index in [4.69, 9.17) is 9.84 Å². The van der Waals surface area contributed by atoms with E-state index in [0.29, 0.717) is 0 Å². The molecule has 0 aromatic heterocycles. The van der Waals surface area contributed by atoms with E-state index in [-0.39, 0.29) is 22.7 Å². The van der Waals surface area contributed by atoms with Crippen molar-refractivity contribution in [2.75, 3.05) is 0 Å². The Morgan fingerprint density at radius 2 is 1.68 bits per heavy atom. The molecule has 0 aliphatic carbocycles. The SMILES string of the molecule is O=[N+]([O-])c1ccc(Oc2ccc(C(F)(F)F)cc2)cc1CO. The van der Waals surface area contributed by atoms with Crippen molar-refractivity contribution in [3.63, 3.8) is 0 Å². The van der Waals surface area contributed by atoms with Gasteiger partial charge in [0.25, 0.3) is 5.69 Å². The van der Waals surface area contributed by atoms with Crippen LogP contribution in [0.15, 0.2) is 42.5 Å². The second-order valence-corrected chi connectivity index (χ2v) is 4.33. The number of benzene rings is 2. The summed E-state index contributed by atoms with van der Waals surface area (Å²) in [4.78, 5) is 10.1. The Bertz CT molecular complexity index is 683. The molecular weight excluding hydrogens is 303 g/mol. The minimum Gasteiger partial charge on any atom is -0.457 e. The number of alkyl halides is 3. The Morgan fingerprint density at radius 3 is 2.18 bits per heavy atom. The summed E-state index contributed by atoms with van der Waals surface area (Å²) < 4.78 is 42.6. The Balaban J connectivity index is 2.22. The van der Waals surface area contributed by atoms with Crippen molar-refractivity contribution in [2.24, 2.45) is 0 Å². The van der Waals surface area contributed by atoms with Gasteiger partial charge in [-0.2, -0.15) is 13.2 Å². The molecule has 0 unspecified atom stereocenters. The van der Waals surface area contributed by atoms with Gasteiger partial charge in [0.1, 0.15) is 11.5 Å². The average Bonchev–Trinajstić information content (AvgIpc) is 2.46. The standard InChI is InChI=1S/C14H10F3NO4/c15-14(16,17)10-1-3-11(4-2-10)22-12-5-6-13(18(20)21)9(7-12)8-19/h1-7,19H,8H2. The normalized spacial score (nSPS) is 11.3. The van der Waals surface area contributed by atoms with Gasteiger partial charge in [0.15, 0.2) is 0 Å². The molecule has 8 heteroatoms. The molecule has 0 bridgehead atoms. The van der Waals surface area contributed by atoms with Gasteiger partial charge in [-0.1, -0.05) is 0 Å². The monoisotopic (exact) mass is 313 g/mol. The summed E-state index contributed by atoms with van der Waals surface area (Å²) >= 11 is 0. The van der Waals surface area contributed by atoms with Crippen LogP contribution in [0, 0.1) is 10.1 Å². The predicted octanol–water partition coefficient (Wildman–Crippen LogP) is 3.90. The number of nitrogens with zero attached hydrogens (tertiary/aromatic N) is 1. The maximum absolute atomic E-state index is 12.4. The van der Waals surface area contributed by atoms with Crippen molar-refractivity contribution in [3.05, 3.63) is 63.7 Å². The third-order valence-electron chi connectivity index (χ3n) is 2.84. The Morgan fingerprint density at radius 1 is 1.09 bits per heavy atom. The molecule has 0 heterocycles. The first-order valence-corrected chi connectivity index (χ1v) is 6.04. The van der Waals surface area contributed by atoms with Gasteiger partial charge in [0, 0.05) is 6.07 Å². The lowest BCUT2D eigenvalue weighted by atomic mass is 10.2. The first-order valence-electron chi connectivity index (χ1n) is 6.04. The van der Waals surface area contributed by atoms with Gasteiger partial charge < -0.3 is 9.84 Å². The van der Waals surface area contributed by atoms with Crippen LogP contribution in [0.4, 0.5) is 18.9 Å². The fourth-order valence-corrected chi connectivity index (χ4v) is 1.78. The van der Waals surface area contributed by atoms with Gasteiger partial charge in [0.05, 0.1) is 22.7 Å². The second-order valence-electron chi connectivity index (χ2n) is 4.33. The molecule has 5 nitrogen and oxygen atoms in total. The van der Waals surface area contributed by atoms with E-state index >= 15 is 0 Å². The molecule has 0 amide bonds. The molecule has 0 fully saturated rings. The van der Waals surface area contributed by atoms with E-state index in [2.05, 4.69) is 0 Å². The van der Waals surface area contributed by atoms with Gasteiger partial charge in [0.2, 0.25) is 0 Å². The molecule has 22 heavy (non-hydrogen) atoms. The zero-order chi connectivity index (χ0) is 16.3. The Labute approximate surface area is 122 Å². The quantitative estimate of drug-likeness (QED) is 0.686. The van der Waals surface area contributed by atoms with Gasteiger partial charge in [-0.05, 0) is 36.4 Å². The highest BCUT2D eigenvalue weighted by Crippen LogP contribution is 2.32. The summed E-state index contributed by atoms with van der Waals surface area (Å²) in [7, 11) is 0. The highest BCUT2D eigenvalue weighted by Gasteiger charge is 2.30. The topological polar surface area (TPSA) is 72.6 Å². The summed E-state index contributed by atoms with van der Waals surface area (Å²) in [5, 5.41) is 19.8. The van der Waals surface area contributed by atoms with Crippen molar-refractivity contribution < 1.29 is 27.9 Å². The average molecular weight is 313 g/mol. The third kappa shape index (κ3) is 3.53. The Kier molecular flexibility index (Phi) is 4.32. The lowest BCUT2D eigenvalue weighted by Gasteiger charge is -2.09. The minimum absolute atomic E-state index is 0.0504. The van der Waals surface area contributed by atoms with Crippen LogP contribution in [0.25, 0.3) is 0 Å². The first kappa shape index (κ1) is 15.8. The third-order valence-corrected chi connectivity index (χ3v) is 2.84. The van der Waals surface area contributed by atoms with Crippen LogP contribution >= 0.6 is 0 Å². The zero-order valence-corrected chi connectivity index (χ0v) is 11.0. The van der Waals surface area contributed by atoms with E-state index in [1.54, 1.807) is 0 Å². The molecule has 0 atom stereocenters. The maximum atomic E-state index is 12.4. The lowest BCUT2D eigenvalue weighted by molar-refractivity contribution is -0.385. The van der Waals surface area contributed by atoms with Crippen LogP contribution in [0.5, 0.6) is 11.5 Å². The number of hydrogen-bond acceptors (Lipinski definition) is 4. The highest BCUT2D eigenvalue weighted by atomic mass is 19.4. The smallest absolute Gasteiger partial charge is 0.416 e. The van der Waals surface area contributed by atoms with E-state index in [9.17, 15) is 23.3 Å². The lowest BCUT2D eigenvalue weighted by Crippen LogP contribution is -2.04. The van der Waals surface area contributed by atoms with E-state index in [0.717, 1.165) is 30.3 Å². The van der Waals surface area contributed by atoms with E-state index in [1.807, 2.05) is 0 Å². The van der Waals surface area contributed by atoms with E-state index < -0.39 is 23.3 Å². The maximum Gasteiger partial charge on any atom is 0.416 e. The van der Waals surface area contributed by atoms with Crippen molar-refractivity contribution in [1.82, 2.24) is 0 Å². The summed E-state index contributed by atoms with van der Waals surface area (Å²) in [5.74, 6) is 0.320. The first-order chi connectivity index (χ1) is 10.3. The van der Waals surface area contributed by atoms with Crippen molar-refractivity contribution >= 4 is 5.69 Å². The highest BCUT2D eigenvalue weighted by molar-refractivity contribution is 5.46. The van der Waals surface area contributed by atoms with Gasteiger partial charge >= 0.3 is 6.18 Å². The number of aliphatic hydroxyl groups is 1. The molecule has 0 saturated carbocycles. The fourth-order valence-electron chi connectivity index (χ4n) is 1.78. The zero-order valence-electron chi connectivity index (χ0n) is 11.0. The number of hydrogen-bond donors (Lipinski definition) is 1. The molecular formula is C14H10F3NO4. The minimum atomic E-state index is -4.43. The molecule has 0 radical (unpaired) electrons. The predicted molar refractivity (Wildman–Crippen MR) is 70.5 cm³/mol. The molecule has 2 rings (SSSR count). The molecule has 0 saturated heterocycles. The summed E-state index contributed by atoms with van der Waals surface area (Å²) in [6.07, 6.45) is -4.43. The van der Waals surface area contributed by atoms with Crippen LogP contribution in [0.3, 0.4) is 0 Å². The summed E-state index contributed by atoms with van der Waals surface area (Å²) in [6.45, 7) is -0.555. The molecule has 116 valence electrons. The number of nitro groups is 1. The Hall–Kier alpha value is -2.61. The number of ether oxygens (including phenoxy) is 1. The number of halogens is 3. The number of aliphatic hydroxyl groups excluding tert-OH is 1. The van der Waals surface area contributed by atoms with Crippen LogP contribution < -0.4 is 4.74 Å². The van der Waals surface area contributed by atoms with Crippen LogP contribution in [0.2, 0.25) is 0 Å². The molecule has 2 aromatic rings. The van der Waals surface area contributed by atoms with Crippen molar-refractivity contribution in [1.29, 1.82) is 0 Å². The summed E-state index contributed by atoms with van der Waals surface area (Å²) in [5.41, 5.74) is -1.02. The molecule has 0 spiro atoms. The molecule has 0 aliphatic heterocycles. The number of nitro benzene ring substituents is 1. The largest absolute Gasteiger partial charge is 0.457 e. The van der Waals surface area contributed by atoms with Crippen molar-refractivity contribution in [3.8, 4) is 11.5 Å². The molecule has 1 N–H and O–H groups in total. The van der Waals surface area contributed by atoms with Crippen LogP contribution in [-0.4, -0.2) is 10.0 Å². The van der Waals surface area contributed by atoms with Crippen molar-refractivity contribution in [2.45, 2.75) is 12.8 Å². The van der Waals surface area contributed by atoms with Gasteiger partial charge in [-0.25, -0.2) is 0 Å². The van der Waals surface area contributed by atoms with Gasteiger partial charge in [-0.3, -0.25) is 10.1 Å². The second kappa shape index (κ2) is 6.02. The molecule has 0 aliphatic rings. The number of rotatable bonds is 4. The van der Waals surface area contributed by atoms with E-state index in [1.165, 1.54) is 12.1 Å². The summed E-state index contributed by atoms with van der Waals surface area (Å²) in [6, 6.07) is 7.74.